The van der Waals surface area contributed by atoms with Crippen LogP contribution in [0.5, 0.6) is 0 Å². The van der Waals surface area contributed by atoms with Crippen LogP contribution in [0.25, 0.3) is 0 Å². The molecule has 1 atom stereocenters. The van der Waals surface area contributed by atoms with E-state index in [9.17, 15) is 18.0 Å². The number of nitrogens with two attached hydrogens (primary N) is 1. The summed E-state index contributed by atoms with van der Waals surface area (Å²) >= 11 is 5.52. The average molecular weight is 270 g/mol. The number of carbonyl (C=O) groups is 1. The van der Waals surface area contributed by atoms with Crippen LogP contribution in [-0.2, 0) is 11.0 Å². The Kier molecular flexibility index (Phi) is 3.53. The Hall–Kier alpha value is -1.47. The molecule has 4 nitrogen and oxygen atoms in total. The third-order valence-electron chi connectivity index (χ3n) is 2.00. The summed E-state index contributed by atoms with van der Waals surface area (Å²) in [6.07, 6.45) is -6.88. The van der Waals surface area contributed by atoms with Crippen LogP contribution in [0.3, 0.4) is 0 Å². The highest BCUT2D eigenvalue weighted by Crippen LogP contribution is 2.38. The van der Waals surface area contributed by atoms with Crippen LogP contribution in [0.15, 0.2) is 12.1 Å². The molecule has 94 valence electrons. The van der Waals surface area contributed by atoms with Gasteiger partial charge >= 0.3 is 12.1 Å². The maximum atomic E-state index is 12.5. The minimum Gasteiger partial charge on any atom is -0.479 e. The molecule has 0 amide bonds. The molecule has 0 heterocycles. The van der Waals surface area contributed by atoms with Crippen molar-refractivity contribution >= 4 is 23.3 Å². The van der Waals surface area contributed by atoms with Crippen molar-refractivity contribution in [3.63, 3.8) is 0 Å². The molecule has 8 heteroatoms. The number of rotatable bonds is 2. The van der Waals surface area contributed by atoms with Crippen molar-refractivity contribution in [3.05, 3.63) is 28.3 Å². The van der Waals surface area contributed by atoms with E-state index in [1.807, 2.05) is 0 Å². The molecule has 0 saturated carbocycles. The number of carboxylic acids is 1. The van der Waals surface area contributed by atoms with E-state index in [4.69, 9.17) is 27.5 Å². The van der Waals surface area contributed by atoms with Gasteiger partial charge in [0.25, 0.3) is 0 Å². The van der Waals surface area contributed by atoms with Gasteiger partial charge in [0.2, 0.25) is 0 Å². The molecule has 17 heavy (non-hydrogen) atoms. The van der Waals surface area contributed by atoms with Crippen molar-refractivity contribution in [1.29, 1.82) is 0 Å². The van der Waals surface area contributed by atoms with Gasteiger partial charge in [0.15, 0.2) is 6.10 Å². The third-order valence-corrected chi connectivity index (χ3v) is 2.33. The molecule has 0 spiro atoms. The smallest absolute Gasteiger partial charge is 0.418 e. The summed E-state index contributed by atoms with van der Waals surface area (Å²) in [4.78, 5) is 10.5. The summed E-state index contributed by atoms with van der Waals surface area (Å²) in [6.45, 7) is 0. The van der Waals surface area contributed by atoms with Gasteiger partial charge in [-0.05, 0) is 12.1 Å². The zero-order valence-electron chi connectivity index (χ0n) is 8.12. The molecular weight excluding hydrogens is 263 g/mol. The normalized spacial score (nSPS) is 13.5. The number of benzene rings is 1. The van der Waals surface area contributed by atoms with Gasteiger partial charge in [-0.1, -0.05) is 11.6 Å². The van der Waals surface area contributed by atoms with E-state index in [0.717, 1.165) is 6.07 Å². The first-order valence-corrected chi connectivity index (χ1v) is 4.59. The highest BCUT2D eigenvalue weighted by molar-refractivity contribution is 6.32. The Balaban J connectivity index is 3.39. The number of hydrogen-bond acceptors (Lipinski definition) is 3. The molecule has 1 aromatic carbocycles. The molecule has 1 rings (SSSR count). The summed E-state index contributed by atoms with van der Waals surface area (Å²) in [5, 5.41) is 17.3. The second-order valence-corrected chi connectivity index (χ2v) is 3.61. The van der Waals surface area contributed by atoms with Gasteiger partial charge < -0.3 is 15.9 Å². The molecule has 0 aliphatic rings. The largest absolute Gasteiger partial charge is 0.479 e. The number of aliphatic carboxylic acids is 1. The van der Waals surface area contributed by atoms with Gasteiger partial charge in [0.05, 0.1) is 5.56 Å². The summed E-state index contributed by atoms with van der Waals surface area (Å²) < 4.78 is 37.4. The molecule has 0 saturated heterocycles. The molecule has 0 aliphatic heterocycles. The van der Waals surface area contributed by atoms with Gasteiger partial charge in [-0.25, -0.2) is 4.79 Å². The summed E-state index contributed by atoms with van der Waals surface area (Å²) in [5.41, 5.74) is 2.69. The van der Waals surface area contributed by atoms with Crippen molar-refractivity contribution in [1.82, 2.24) is 0 Å². The van der Waals surface area contributed by atoms with Crippen molar-refractivity contribution in [3.8, 4) is 0 Å². The van der Waals surface area contributed by atoms with Crippen LogP contribution in [0.1, 0.15) is 17.2 Å². The minimum absolute atomic E-state index is 0.342. The third kappa shape index (κ3) is 2.80. The maximum absolute atomic E-state index is 12.5. The Labute approximate surface area is 98.4 Å². The number of aliphatic hydroxyl groups excluding tert-OH is 1. The first kappa shape index (κ1) is 13.6. The fraction of sp³-hybridized carbons (Fsp3) is 0.222. The predicted molar refractivity (Wildman–Crippen MR) is 53.5 cm³/mol. The monoisotopic (exact) mass is 269 g/mol. The molecular formula is C9H7ClF3NO3. The van der Waals surface area contributed by atoms with Crippen LogP contribution >= 0.6 is 11.6 Å². The molecule has 4 N–H and O–H groups in total. The molecule has 0 aromatic heterocycles. The molecule has 0 fully saturated rings. The van der Waals surface area contributed by atoms with Gasteiger partial charge in [-0.15, -0.1) is 0 Å². The van der Waals surface area contributed by atoms with Crippen molar-refractivity contribution < 1.29 is 28.2 Å². The average Bonchev–Trinajstić information content (AvgIpc) is 2.14. The SMILES string of the molecule is Nc1cc(Cl)c(C(O)C(=O)O)cc1C(F)(F)F. The minimum atomic E-state index is -4.75. The molecule has 0 bridgehead atoms. The van der Waals surface area contributed by atoms with E-state index in [-0.39, 0.29) is 5.02 Å². The summed E-state index contributed by atoms with van der Waals surface area (Å²) in [7, 11) is 0. The first-order chi connectivity index (χ1) is 7.64. The standard InChI is InChI=1S/C9H7ClF3NO3/c10-5-2-6(14)4(9(11,12)13)1-3(5)7(15)8(16)17/h1-2,7,15H,14H2,(H,16,17). The van der Waals surface area contributed by atoms with E-state index in [0.29, 0.717) is 6.07 Å². The number of anilines is 1. The number of hydrogen-bond donors (Lipinski definition) is 3. The number of alkyl halides is 3. The van der Waals surface area contributed by atoms with Crippen LogP contribution in [0.4, 0.5) is 18.9 Å². The summed E-state index contributed by atoms with van der Waals surface area (Å²) in [5.74, 6) is -1.70. The van der Waals surface area contributed by atoms with Crippen molar-refractivity contribution in [2.45, 2.75) is 12.3 Å². The predicted octanol–water partition coefficient (Wildman–Crippen LogP) is 2.06. The lowest BCUT2D eigenvalue weighted by atomic mass is 10.0. The van der Waals surface area contributed by atoms with Crippen LogP contribution in [-0.4, -0.2) is 16.2 Å². The summed E-state index contributed by atoms with van der Waals surface area (Å²) in [6, 6.07) is 1.18. The first-order valence-electron chi connectivity index (χ1n) is 4.21. The zero-order chi connectivity index (χ0) is 13.4. The van der Waals surface area contributed by atoms with E-state index in [1.54, 1.807) is 0 Å². The lowest BCUT2D eigenvalue weighted by Gasteiger charge is -2.14. The van der Waals surface area contributed by atoms with Gasteiger partial charge in [-0.2, -0.15) is 13.2 Å². The quantitative estimate of drug-likeness (QED) is 0.718. The number of nitrogen functional groups attached to an aromatic ring is 1. The maximum Gasteiger partial charge on any atom is 0.418 e. The molecule has 1 unspecified atom stereocenters. The van der Waals surface area contributed by atoms with Crippen molar-refractivity contribution in [2.24, 2.45) is 0 Å². The fourth-order valence-corrected chi connectivity index (χ4v) is 1.47. The number of halogens is 4. The lowest BCUT2D eigenvalue weighted by Crippen LogP contribution is -2.15. The Morgan fingerprint density at radius 2 is 1.94 bits per heavy atom. The zero-order valence-corrected chi connectivity index (χ0v) is 8.88. The molecule has 0 radical (unpaired) electrons. The van der Waals surface area contributed by atoms with Crippen LogP contribution in [0, 0.1) is 0 Å². The Bertz CT molecular complexity index is 462. The highest BCUT2D eigenvalue weighted by atomic mass is 35.5. The van der Waals surface area contributed by atoms with E-state index in [2.05, 4.69) is 0 Å². The van der Waals surface area contributed by atoms with Crippen LogP contribution < -0.4 is 5.73 Å². The molecule has 0 aliphatic carbocycles. The topological polar surface area (TPSA) is 83.5 Å². The second kappa shape index (κ2) is 4.42. The lowest BCUT2D eigenvalue weighted by molar-refractivity contribution is -0.147. The van der Waals surface area contributed by atoms with E-state index < -0.39 is 35.1 Å². The van der Waals surface area contributed by atoms with E-state index in [1.165, 1.54) is 0 Å². The highest BCUT2D eigenvalue weighted by Gasteiger charge is 2.35. The Morgan fingerprint density at radius 3 is 2.35 bits per heavy atom. The number of aliphatic hydroxyl groups is 1. The van der Waals surface area contributed by atoms with Crippen LogP contribution in [0.2, 0.25) is 5.02 Å². The fourth-order valence-electron chi connectivity index (χ4n) is 1.19. The number of carboxylic acid groups (broad SMARTS) is 1. The van der Waals surface area contributed by atoms with Crippen molar-refractivity contribution in [2.75, 3.05) is 5.73 Å². The van der Waals surface area contributed by atoms with Gasteiger partial charge in [0, 0.05) is 16.3 Å². The second-order valence-electron chi connectivity index (χ2n) is 3.20. The van der Waals surface area contributed by atoms with Gasteiger partial charge in [-0.3, -0.25) is 0 Å². The molecule has 1 aromatic rings. The van der Waals surface area contributed by atoms with Gasteiger partial charge in [0.1, 0.15) is 0 Å². The van der Waals surface area contributed by atoms with E-state index >= 15 is 0 Å². The Morgan fingerprint density at radius 1 is 1.41 bits per heavy atom.